The second kappa shape index (κ2) is 7.87. The van der Waals surface area contributed by atoms with Gasteiger partial charge in [0.15, 0.2) is 0 Å². The fourth-order valence-electron chi connectivity index (χ4n) is 2.98. The van der Waals surface area contributed by atoms with E-state index in [0.717, 1.165) is 44.2 Å². The van der Waals surface area contributed by atoms with Gasteiger partial charge in [0.05, 0.1) is 0 Å². The SMILES string of the molecule is Cl.Cl.NC1CCC(NC(=O)c2ccc3c(c2)CCN3)CC1. The predicted octanol–water partition coefficient (Wildman–Crippen LogP) is 2.50. The lowest BCUT2D eigenvalue weighted by Crippen LogP contribution is -2.40. The molecule has 4 N–H and O–H groups in total. The van der Waals surface area contributed by atoms with Gasteiger partial charge < -0.3 is 16.4 Å². The molecule has 4 nitrogen and oxygen atoms in total. The van der Waals surface area contributed by atoms with E-state index in [4.69, 9.17) is 5.73 Å². The third kappa shape index (κ3) is 4.25. The van der Waals surface area contributed by atoms with Crippen molar-refractivity contribution in [2.45, 2.75) is 44.2 Å². The standard InChI is InChI=1S/C15H21N3O.2ClH/c16-12-2-4-13(5-3-12)18-15(19)11-1-6-14-10(9-11)7-8-17-14;;/h1,6,9,12-13,17H,2-5,7-8,16H2,(H,18,19);2*1H. The molecule has 2 aliphatic rings. The van der Waals surface area contributed by atoms with Gasteiger partial charge >= 0.3 is 0 Å². The van der Waals surface area contributed by atoms with E-state index in [1.54, 1.807) is 0 Å². The first-order chi connectivity index (χ1) is 9.22. The zero-order valence-electron chi connectivity index (χ0n) is 11.9. The van der Waals surface area contributed by atoms with Gasteiger partial charge in [-0.2, -0.15) is 0 Å². The van der Waals surface area contributed by atoms with Crippen LogP contribution in [-0.4, -0.2) is 24.5 Å². The molecule has 1 amide bonds. The average Bonchev–Trinajstić information content (AvgIpc) is 2.88. The molecular formula is C15H23Cl2N3O. The maximum absolute atomic E-state index is 12.2. The highest BCUT2D eigenvalue weighted by atomic mass is 35.5. The Morgan fingerprint density at radius 2 is 1.90 bits per heavy atom. The Morgan fingerprint density at radius 1 is 1.19 bits per heavy atom. The minimum absolute atomic E-state index is 0. The van der Waals surface area contributed by atoms with Gasteiger partial charge in [-0.3, -0.25) is 4.79 Å². The summed E-state index contributed by atoms with van der Waals surface area (Å²) in [7, 11) is 0. The summed E-state index contributed by atoms with van der Waals surface area (Å²) in [5, 5.41) is 6.44. The van der Waals surface area contributed by atoms with Crippen LogP contribution in [0.1, 0.15) is 41.6 Å². The van der Waals surface area contributed by atoms with Crippen LogP contribution < -0.4 is 16.4 Å². The largest absolute Gasteiger partial charge is 0.384 e. The molecule has 0 aromatic heterocycles. The number of benzene rings is 1. The van der Waals surface area contributed by atoms with Gasteiger partial charge in [0.1, 0.15) is 0 Å². The summed E-state index contributed by atoms with van der Waals surface area (Å²) in [5.74, 6) is 0.0511. The second-order valence-electron chi connectivity index (χ2n) is 5.63. The molecule has 118 valence electrons. The summed E-state index contributed by atoms with van der Waals surface area (Å²) in [6, 6.07) is 6.53. The Hall–Kier alpha value is -0.970. The highest BCUT2D eigenvalue weighted by Gasteiger charge is 2.21. The first-order valence-corrected chi connectivity index (χ1v) is 7.15. The number of rotatable bonds is 2. The van der Waals surface area contributed by atoms with Gasteiger partial charge in [-0.1, -0.05) is 0 Å². The van der Waals surface area contributed by atoms with E-state index in [0.29, 0.717) is 12.1 Å². The molecule has 1 aliphatic heterocycles. The summed E-state index contributed by atoms with van der Waals surface area (Å²) in [4.78, 5) is 12.2. The van der Waals surface area contributed by atoms with Crippen molar-refractivity contribution in [3.05, 3.63) is 29.3 Å². The first-order valence-electron chi connectivity index (χ1n) is 7.15. The van der Waals surface area contributed by atoms with Gasteiger partial charge in [-0.05, 0) is 55.9 Å². The van der Waals surface area contributed by atoms with Gasteiger partial charge in [-0.15, -0.1) is 24.8 Å². The number of carbonyl (C=O) groups is 1. The van der Waals surface area contributed by atoms with Crippen LogP contribution in [0.2, 0.25) is 0 Å². The summed E-state index contributed by atoms with van der Waals surface area (Å²) < 4.78 is 0. The Morgan fingerprint density at radius 3 is 2.62 bits per heavy atom. The lowest BCUT2D eigenvalue weighted by molar-refractivity contribution is 0.0926. The maximum atomic E-state index is 12.2. The third-order valence-electron chi connectivity index (χ3n) is 4.18. The Kier molecular flexibility index (Phi) is 6.78. The summed E-state index contributed by atoms with van der Waals surface area (Å²) >= 11 is 0. The lowest BCUT2D eigenvalue weighted by Gasteiger charge is -2.26. The summed E-state index contributed by atoms with van der Waals surface area (Å²) in [6.07, 6.45) is 5.03. The Labute approximate surface area is 138 Å². The fraction of sp³-hybridized carbons (Fsp3) is 0.533. The number of nitrogens with one attached hydrogen (secondary N) is 2. The summed E-state index contributed by atoms with van der Waals surface area (Å²) in [5.41, 5.74) is 9.07. The van der Waals surface area contributed by atoms with Crippen LogP contribution in [-0.2, 0) is 6.42 Å². The number of halogens is 2. The third-order valence-corrected chi connectivity index (χ3v) is 4.18. The minimum atomic E-state index is 0. The number of hydrogen-bond donors (Lipinski definition) is 3. The fourth-order valence-corrected chi connectivity index (χ4v) is 2.98. The molecule has 0 radical (unpaired) electrons. The second-order valence-corrected chi connectivity index (χ2v) is 5.63. The molecule has 1 aromatic rings. The molecule has 6 heteroatoms. The number of fused-ring (bicyclic) bond motifs is 1. The van der Waals surface area contributed by atoms with Crippen LogP contribution in [0.4, 0.5) is 5.69 Å². The molecule has 1 fully saturated rings. The molecule has 1 heterocycles. The van der Waals surface area contributed by atoms with E-state index in [2.05, 4.69) is 10.6 Å². The van der Waals surface area contributed by atoms with Crippen molar-refractivity contribution in [2.24, 2.45) is 5.73 Å². The molecule has 1 aromatic carbocycles. The lowest BCUT2D eigenvalue weighted by atomic mass is 9.91. The molecule has 0 bridgehead atoms. The van der Waals surface area contributed by atoms with E-state index >= 15 is 0 Å². The molecule has 0 atom stereocenters. The van der Waals surface area contributed by atoms with E-state index in [-0.39, 0.29) is 30.7 Å². The minimum Gasteiger partial charge on any atom is -0.384 e. The van der Waals surface area contributed by atoms with Crippen LogP contribution in [0.25, 0.3) is 0 Å². The normalized spacial score (nSPS) is 23.1. The number of anilines is 1. The molecule has 0 spiro atoms. The van der Waals surface area contributed by atoms with Gasteiger partial charge in [-0.25, -0.2) is 0 Å². The molecular weight excluding hydrogens is 309 g/mol. The van der Waals surface area contributed by atoms with Gasteiger partial charge in [0, 0.05) is 29.9 Å². The van der Waals surface area contributed by atoms with Crippen LogP contribution in [0.5, 0.6) is 0 Å². The average molecular weight is 332 g/mol. The monoisotopic (exact) mass is 331 g/mol. The zero-order chi connectivity index (χ0) is 13.2. The quantitative estimate of drug-likeness (QED) is 0.779. The number of hydrogen-bond acceptors (Lipinski definition) is 3. The molecule has 0 unspecified atom stereocenters. The van der Waals surface area contributed by atoms with Crippen molar-refractivity contribution in [3.63, 3.8) is 0 Å². The van der Waals surface area contributed by atoms with Crippen LogP contribution in [0.3, 0.4) is 0 Å². The summed E-state index contributed by atoms with van der Waals surface area (Å²) in [6.45, 7) is 0.973. The first kappa shape index (κ1) is 18.1. The number of nitrogens with two attached hydrogens (primary N) is 1. The Balaban J connectivity index is 0.00000110. The highest BCUT2D eigenvalue weighted by Crippen LogP contribution is 2.23. The predicted molar refractivity (Wildman–Crippen MR) is 90.8 cm³/mol. The van der Waals surface area contributed by atoms with Crippen molar-refractivity contribution in [3.8, 4) is 0 Å². The van der Waals surface area contributed by atoms with Gasteiger partial charge in [0.25, 0.3) is 5.91 Å². The van der Waals surface area contributed by atoms with Gasteiger partial charge in [0.2, 0.25) is 0 Å². The highest BCUT2D eigenvalue weighted by molar-refractivity contribution is 5.95. The van der Waals surface area contributed by atoms with Crippen LogP contribution >= 0.6 is 24.8 Å². The van der Waals surface area contributed by atoms with E-state index < -0.39 is 0 Å². The molecule has 3 rings (SSSR count). The maximum Gasteiger partial charge on any atom is 0.251 e. The van der Waals surface area contributed by atoms with Crippen molar-refractivity contribution in [1.82, 2.24) is 5.32 Å². The van der Waals surface area contributed by atoms with Crippen molar-refractivity contribution in [2.75, 3.05) is 11.9 Å². The van der Waals surface area contributed by atoms with Crippen molar-refractivity contribution < 1.29 is 4.79 Å². The number of carbonyl (C=O) groups excluding carboxylic acids is 1. The smallest absolute Gasteiger partial charge is 0.251 e. The van der Waals surface area contributed by atoms with E-state index in [1.165, 1.54) is 11.3 Å². The van der Waals surface area contributed by atoms with E-state index in [1.807, 2.05) is 18.2 Å². The zero-order valence-corrected chi connectivity index (χ0v) is 13.6. The van der Waals surface area contributed by atoms with E-state index in [9.17, 15) is 4.79 Å². The van der Waals surface area contributed by atoms with Crippen LogP contribution in [0.15, 0.2) is 18.2 Å². The van der Waals surface area contributed by atoms with Crippen molar-refractivity contribution >= 4 is 36.4 Å². The van der Waals surface area contributed by atoms with Crippen LogP contribution in [0, 0.1) is 0 Å². The Bertz CT molecular complexity index is 488. The number of amides is 1. The topological polar surface area (TPSA) is 67.1 Å². The molecule has 0 saturated heterocycles. The molecule has 1 aliphatic carbocycles. The molecule has 21 heavy (non-hydrogen) atoms. The van der Waals surface area contributed by atoms with Crippen molar-refractivity contribution in [1.29, 1.82) is 0 Å². The molecule has 1 saturated carbocycles.